The lowest BCUT2D eigenvalue weighted by atomic mass is 10.0. The molecular weight excluding hydrogens is 514 g/mol. The SMILES string of the molecule is NCCCCC(NC(=O)C(Cc1c[nH]c2ccccc12)NC(=O)C(N)CS)C(=O)NC(CC(N)=O)C(=O)O. The molecule has 11 N–H and O–H groups in total. The number of hydrogen-bond donors (Lipinski definition) is 9. The number of para-hydroxylation sites is 1. The average molecular weight is 550 g/mol. The molecule has 1 heterocycles. The standard InChI is InChI=1S/C24H35N7O6S/c25-8-4-3-7-17(22(34)31-19(24(36)37)10-20(27)32)29-23(35)18(30-21(33)15(26)12-38)9-13-11-28-16-6-2-1-5-14(13)16/h1-2,5-6,11,15,17-19,28,38H,3-4,7-10,12,25-26H2,(H2,27,32)(H,29,35)(H,30,33)(H,31,34)(H,36,37). The highest BCUT2D eigenvalue weighted by Gasteiger charge is 2.31. The lowest BCUT2D eigenvalue weighted by molar-refractivity contribution is -0.143. The summed E-state index contributed by atoms with van der Waals surface area (Å²) in [4.78, 5) is 64.8. The van der Waals surface area contributed by atoms with E-state index >= 15 is 0 Å². The zero-order chi connectivity index (χ0) is 28.2. The molecule has 0 spiro atoms. The zero-order valence-electron chi connectivity index (χ0n) is 20.8. The van der Waals surface area contributed by atoms with Crippen molar-refractivity contribution in [2.75, 3.05) is 12.3 Å². The maximum absolute atomic E-state index is 13.4. The van der Waals surface area contributed by atoms with E-state index in [1.807, 2.05) is 24.3 Å². The van der Waals surface area contributed by atoms with Gasteiger partial charge < -0.3 is 43.2 Å². The predicted octanol–water partition coefficient (Wildman–Crippen LogP) is -1.49. The minimum atomic E-state index is -1.57. The van der Waals surface area contributed by atoms with E-state index in [2.05, 4.69) is 33.6 Å². The fraction of sp³-hybridized carbons (Fsp3) is 0.458. The fourth-order valence-electron chi connectivity index (χ4n) is 3.80. The summed E-state index contributed by atoms with van der Waals surface area (Å²) < 4.78 is 0. The van der Waals surface area contributed by atoms with Crippen LogP contribution in [0.15, 0.2) is 30.5 Å². The number of benzene rings is 1. The van der Waals surface area contributed by atoms with Crippen molar-refractivity contribution < 1.29 is 29.1 Å². The number of carbonyl (C=O) groups excluding carboxylic acids is 4. The molecule has 4 amide bonds. The number of hydrogen-bond acceptors (Lipinski definition) is 8. The summed E-state index contributed by atoms with van der Waals surface area (Å²) in [5, 5.41) is 17.7. The van der Waals surface area contributed by atoms with E-state index < -0.39 is 60.2 Å². The molecule has 1 aromatic carbocycles. The molecule has 0 fully saturated rings. The fourth-order valence-corrected chi connectivity index (χ4v) is 3.96. The molecule has 38 heavy (non-hydrogen) atoms. The van der Waals surface area contributed by atoms with Crippen LogP contribution in [-0.4, -0.2) is 76.2 Å². The number of fused-ring (bicyclic) bond motifs is 1. The largest absolute Gasteiger partial charge is 0.480 e. The van der Waals surface area contributed by atoms with Crippen molar-refractivity contribution in [3.8, 4) is 0 Å². The Morgan fingerprint density at radius 1 is 0.947 bits per heavy atom. The van der Waals surface area contributed by atoms with Crippen molar-refractivity contribution in [2.24, 2.45) is 17.2 Å². The van der Waals surface area contributed by atoms with Crippen LogP contribution in [0.1, 0.15) is 31.2 Å². The van der Waals surface area contributed by atoms with Crippen molar-refractivity contribution in [3.63, 3.8) is 0 Å². The first-order valence-corrected chi connectivity index (χ1v) is 12.7. The van der Waals surface area contributed by atoms with E-state index in [0.717, 1.165) is 16.5 Å². The summed E-state index contributed by atoms with van der Waals surface area (Å²) in [5.74, 6) is -4.40. The molecule has 0 aliphatic rings. The smallest absolute Gasteiger partial charge is 0.326 e. The molecule has 0 radical (unpaired) electrons. The van der Waals surface area contributed by atoms with Gasteiger partial charge in [0.25, 0.3) is 0 Å². The third-order valence-corrected chi connectivity index (χ3v) is 6.26. The number of rotatable bonds is 16. The van der Waals surface area contributed by atoms with Gasteiger partial charge in [-0.15, -0.1) is 0 Å². The second kappa shape index (κ2) is 15.0. The minimum Gasteiger partial charge on any atom is -0.480 e. The lowest BCUT2D eigenvalue weighted by Crippen LogP contribution is -2.58. The molecule has 0 aliphatic heterocycles. The van der Waals surface area contributed by atoms with Crippen molar-refractivity contribution in [1.82, 2.24) is 20.9 Å². The van der Waals surface area contributed by atoms with E-state index in [-0.39, 0.29) is 18.6 Å². The van der Waals surface area contributed by atoms with E-state index in [1.165, 1.54) is 0 Å². The number of carbonyl (C=O) groups is 5. The third kappa shape index (κ3) is 9.04. The van der Waals surface area contributed by atoms with Gasteiger partial charge in [0.15, 0.2) is 0 Å². The first-order valence-electron chi connectivity index (χ1n) is 12.1. The number of aromatic amines is 1. The Labute approximate surface area is 225 Å². The first-order chi connectivity index (χ1) is 18.1. The number of aliphatic carboxylic acids is 1. The monoisotopic (exact) mass is 549 g/mol. The summed E-state index contributed by atoms with van der Waals surface area (Å²) >= 11 is 4.03. The number of primary amides is 1. The topological polar surface area (TPSA) is 236 Å². The Balaban J connectivity index is 2.28. The highest BCUT2D eigenvalue weighted by Crippen LogP contribution is 2.19. The quantitative estimate of drug-likeness (QED) is 0.0881. The molecule has 1 aromatic heterocycles. The van der Waals surface area contributed by atoms with Crippen LogP contribution in [-0.2, 0) is 30.4 Å². The Morgan fingerprint density at radius 2 is 1.58 bits per heavy atom. The number of nitrogens with two attached hydrogens (primary N) is 3. The van der Waals surface area contributed by atoms with Crippen molar-refractivity contribution in [2.45, 2.75) is 56.3 Å². The first kappa shape index (κ1) is 30.6. The molecule has 0 bridgehead atoms. The molecule has 0 aliphatic carbocycles. The van der Waals surface area contributed by atoms with Crippen LogP contribution in [0.2, 0.25) is 0 Å². The molecular formula is C24H35N7O6S. The number of H-pyrrole nitrogens is 1. The van der Waals surface area contributed by atoms with Gasteiger partial charge in [0, 0.05) is 29.3 Å². The molecule has 2 aromatic rings. The van der Waals surface area contributed by atoms with Gasteiger partial charge in [-0.2, -0.15) is 12.6 Å². The normalized spacial score (nSPS) is 14.2. The van der Waals surface area contributed by atoms with Crippen LogP contribution >= 0.6 is 12.6 Å². The molecule has 2 rings (SSSR count). The van der Waals surface area contributed by atoms with Crippen molar-refractivity contribution in [3.05, 3.63) is 36.0 Å². The molecule has 13 nitrogen and oxygen atoms in total. The summed E-state index contributed by atoms with van der Waals surface area (Å²) in [6, 6.07) is 2.62. The van der Waals surface area contributed by atoms with Crippen LogP contribution in [0, 0.1) is 0 Å². The van der Waals surface area contributed by atoms with Gasteiger partial charge in [-0.3, -0.25) is 19.2 Å². The number of nitrogens with one attached hydrogen (secondary N) is 4. The third-order valence-electron chi connectivity index (χ3n) is 5.87. The molecule has 4 unspecified atom stereocenters. The van der Waals surface area contributed by atoms with Crippen LogP contribution in [0.5, 0.6) is 0 Å². The highest BCUT2D eigenvalue weighted by atomic mass is 32.1. The number of thiol groups is 1. The van der Waals surface area contributed by atoms with E-state index in [4.69, 9.17) is 17.2 Å². The average Bonchev–Trinajstić information content (AvgIpc) is 3.29. The van der Waals surface area contributed by atoms with Gasteiger partial charge in [0.1, 0.15) is 18.1 Å². The molecule has 4 atom stereocenters. The summed E-state index contributed by atoms with van der Waals surface area (Å²) in [6.45, 7) is 0.350. The molecule has 0 saturated heterocycles. The number of carboxylic acid groups (broad SMARTS) is 1. The minimum absolute atomic E-state index is 0.0494. The van der Waals surface area contributed by atoms with E-state index in [1.54, 1.807) is 6.20 Å². The Kier molecular flexibility index (Phi) is 12.0. The van der Waals surface area contributed by atoms with E-state index in [0.29, 0.717) is 19.4 Å². The Hall–Kier alpha value is -3.62. The van der Waals surface area contributed by atoms with Crippen LogP contribution in [0.25, 0.3) is 10.9 Å². The zero-order valence-corrected chi connectivity index (χ0v) is 21.7. The number of unbranched alkanes of at least 4 members (excludes halogenated alkanes) is 1. The van der Waals surface area contributed by atoms with Crippen molar-refractivity contribution >= 4 is 53.1 Å². The second-order valence-electron chi connectivity index (χ2n) is 8.83. The Bertz CT molecular complexity index is 1140. The van der Waals surface area contributed by atoms with Gasteiger partial charge in [-0.1, -0.05) is 18.2 Å². The summed E-state index contributed by atoms with van der Waals surface area (Å²) in [6.07, 6.45) is 2.33. The number of aromatic nitrogens is 1. The summed E-state index contributed by atoms with van der Waals surface area (Å²) in [7, 11) is 0. The van der Waals surface area contributed by atoms with Crippen LogP contribution < -0.4 is 33.2 Å². The number of amides is 4. The van der Waals surface area contributed by atoms with Gasteiger partial charge in [0.05, 0.1) is 12.5 Å². The maximum atomic E-state index is 13.4. The second-order valence-corrected chi connectivity index (χ2v) is 9.19. The highest BCUT2D eigenvalue weighted by molar-refractivity contribution is 7.80. The maximum Gasteiger partial charge on any atom is 0.326 e. The molecule has 0 saturated carbocycles. The van der Waals surface area contributed by atoms with Crippen LogP contribution in [0.3, 0.4) is 0 Å². The lowest BCUT2D eigenvalue weighted by Gasteiger charge is -2.25. The van der Waals surface area contributed by atoms with Gasteiger partial charge >= 0.3 is 5.97 Å². The predicted molar refractivity (Wildman–Crippen MR) is 144 cm³/mol. The Morgan fingerprint density at radius 3 is 2.21 bits per heavy atom. The molecule has 208 valence electrons. The summed E-state index contributed by atoms with van der Waals surface area (Å²) in [5.41, 5.74) is 18.0. The van der Waals surface area contributed by atoms with E-state index in [9.17, 15) is 29.1 Å². The molecule has 14 heteroatoms. The van der Waals surface area contributed by atoms with Gasteiger partial charge in [-0.25, -0.2) is 4.79 Å². The van der Waals surface area contributed by atoms with Crippen molar-refractivity contribution in [1.29, 1.82) is 0 Å². The van der Waals surface area contributed by atoms with Gasteiger partial charge in [-0.05, 0) is 37.4 Å². The van der Waals surface area contributed by atoms with Gasteiger partial charge in [0.2, 0.25) is 23.6 Å². The number of carboxylic acids is 1. The van der Waals surface area contributed by atoms with Crippen LogP contribution in [0.4, 0.5) is 0 Å².